The molecule has 1 aliphatic rings. The summed E-state index contributed by atoms with van der Waals surface area (Å²) in [7, 11) is 0. The van der Waals surface area contributed by atoms with E-state index in [-0.39, 0.29) is 0 Å². The molecule has 66 valence electrons. The third kappa shape index (κ3) is 1.87. The molecule has 0 saturated carbocycles. The second kappa shape index (κ2) is 3.94. The Morgan fingerprint density at radius 1 is 1.17 bits per heavy atom. The van der Waals surface area contributed by atoms with Crippen LogP contribution in [0.15, 0.2) is 10.2 Å². The molecule has 0 aromatic carbocycles. The molecule has 4 amide bonds. The third-order valence-corrected chi connectivity index (χ3v) is 1.67. The van der Waals surface area contributed by atoms with E-state index in [2.05, 4.69) is 17.2 Å². The summed E-state index contributed by atoms with van der Waals surface area (Å²) in [4.78, 5) is 22.7. The zero-order valence-electron chi connectivity index (χ0n) is 6.99. The van der Waals surface area contributed by atoms with Crippen LogP contribution in [0.5, 0.6) is 0 Å². The number of unbranched alkanes of at least 4 members (excludes halogenated alkanes) is 2. The molecule has 0 radical (unpaired) electrons. The number of azo groups is 1. The van der Waals surface area contributed by atoms with E-state index in [0.717, 1.165) is 24.2 Å². The molecular weight excluding hydrogens is 158 g/mol. The first-order chi connectivity index (χ1) is 5.75. The Morgan fingerprint density at radius 3 is 2.25 bits per heavy atom. The minimum Gasteiger partial charge on any atom is -0.244 e. The van der Waals surface area contributed by atoms with Crippen LogP contribution < -0.4 is 0 Å². The van der Waals surface area contributed by atoms with E-state index in [1.807, 2.05) is 0 Å². The highest BCUT2D eigenvalue weighted by Gasteiger charge is 2.26. The second-order valence-corrected chi connectivity index (χ2v) is 2.62. The molecule has 0 aromatic heterocycles. The Balaban J connectivity index is 2.33. The van der Waals surface area contributed by atoms with Crippen LogP contribution >= 0.6 is 0 Å². The van der Waals surface area contributed by atoms with E-state index in [1.165, 1.54) is 0 Å². The molecule has 5 nitrogen and oxygen atoms in total. The molecule has 0 fully saturated rings. The SMILES string of the molecule is CCCCCN1C(=O)N=NC1=O. The predicted octanol–water partition coefficient (Wildman–Crippen LogP) is 2.18. The van der Waals surface area contributed by atoms with E-state index >= 15 is 0 Å². The average molecular weight is 169 g/mol. The quantitative estimate of drug-likeness (QED) is 0.605. The van der Waals surface area contributed by atoms with Gasteiger partial charge in [-0.2, -0.15) is 0 Å². The van der Waals surface area contributed by atoms with Gasteiger partial charge in [0.15, 0.2) is 0 Å². The van der Waals surface area contributed by atoms with Crippen molar-refractivity contribution in [3.63, 3.8) is 0 Å². The number of hydrogen-bond acceptors (Lipinski definition) is 2. The fourth-order valence-electron chi connectivity index (χ4n) is 0.987. The summed E-state index contributed by atoms with van der Waals surface area (Å²) < 4.78 is 0. The van der Waals surface area contributed by atoms with Gasteiger partial charge in [-0.05, 0) is 6.42 Å². The standard InChI is InChI=1S/C7H11N3O2/c1-2-3-4-5-10-6(11)8-9-7(10)12/h2-5H2,1H3. The number of nitrogens with zero attached hydrogens (tertiary/aromatic N) is 3. The van der Waals surface area contributed by atoms with E-state index in [4.69, 9.17) is 0 Å². The maximum absolute atomic E-state index is 10.8. The van der Waals surface area contributed by atoms with Crippen molar-refractivity contribution in [3.8, 4) is 0 Å². The Bertz CT molecular complexity index is 207. The number of imide groups is 1. The van der Waals surface area contributed by atoms with Crippen molar-refractivity contribution in [3.05, 3.63) is 0 Å². The Morgan fingerprint density at radius 2 is 1.75 bits per heavy atom. The predicted molar refractivity (Wildman–Crippen MR) is 41.9 cm³/mol. The molecule has 0 saturated heterocycles. The smallest absolute Gasteiger partial charge is 0.244 e. The molecule has 0 bridgehead atoms. The first kappa shape index (κ1) is 8.83. The summed E-state index contributed by atoms with van der Waals surface area (Å²) in [5, 5.41) is 6.28. The summed E-state index contributed by atoms with van der Waals surface area (Å²) in [6.07, 6.45) is 2.90. The maximum atomic E-state index is 10.8. The van der Waals surface area contributed by atoms with Gasteiger partial charge in [0.25, 0.3) is 0 Å². The van der Waals surface area contributed by atoms with Crippen LogP contribution in [0.4, 0.5) is 9.59 Å². The minimum absolute atomic E-state index is 0.443. The van der Waals surface area contributed by atoms with E-state index < -0.39 is 12.1 Å². The van der Waals surface area contributed by atoms with Crippen molar-refractivity contribution in [2.75, 3.05) is 6.54 Å². The highest BCUT2D eigenvalue weighted by molar-refractivity contribution is 5.98. The van der Waals surface area contributed by atoms with Gasteiger partial charge in [0, 0.05) is 6.54 Å². The van der Waals surface area contributed by atoms with Crippen LogP contribution in [0.25, 0.3) is 0 Å². The van der Waals surface area contributed by atoms with Crippen LogP contribution in [0.3, 0.4) is 0 Å². The van der Waals surface area contributed by atoms with Gasteiger partial charge >= 0.3 is 12.1 Å². The molecule has 0 unspecified atom stereocenters. The Kier molecular flexibility index (Phi) is 2.90. The lowest BCUT2D eigenvalue weighted by atomic mass is 10.2. The molecule has 0 atom stereocenters. The van der Waals surface area contributed by atoms with Crippen molar-refractivity contribution < 1.29 is 9.59 Å². The molecule has 0 N–H and O–H groups in total. The van der Waals surface area contributed by atoms with Crippen molar-refractivity contribution in [2.45, 2.75) is 26.2 Å². The molecule has 0 aliphatic carbocycles. The highest BCUT2D eigenvalue weighted by atomic mass is 16.2. The van der Waals surface area contributed by atoms with E-state index in [1.54, 1.807) is 0 Å². The van der Waals surface area contributed by atoms with Crippen molar-refractivity contribution >= 4 is 12.1 Å². The van der Waals surface area contributed by atoms with E-state index in [0.29, 0.717) is 6.54 Å². The van der Waals surface area contributed by atoms with Crippen LogP contribution in [-0.4, -0.2) is 23.5 Å². The topological polar surface area (TPSA) is 62.1 Å². The zero-order valence-corrected chi connectivity index (χ0v) is 6.99. The average Bonchev–Trinajstić information content (AvgIpc) is 2.35. The molecule has 0 spiro atoms. The van der Waals surface area contributed by atoms with Crippen LogP contribution in [0.2, 0.25) is 0 Å². The summed E-state index contributed by atoms with van der Waals surface area (Å²) >= 11 is 0. The van der Waals surface area contributed by atoms with Gasteiger partial charge in [0.2, 0.25) is 0 Å². The van der Waals surface area contributed by atoms with Crippen LogP contribution in [-0.2, 0) is 0 Å². The van der Waals surface area contributed by atoms with Gasteiger partial charge in [-0.3, -0.25) is 0 Å². The van der Waals surface area contributed by atoms with E-state index in [9.17, 15) is 9.59 Å². The number of urea groups is 2. The molecule has 1 aliphatic heterocycles. The number of carbonyl (C=O) groups is 2. The Hall–Kier alpha value is -1.26. The van der Waals surface area contributed by atoms with Crippen molar-refractivity contribution in [1.82, 2.24) is 4.90 Å². The normalized spacial score (nSPS) is 16.2. The molecule has 0 aromatic rings. The van der Waals surface area contributed by atoms with Crippen molar-refractivity contribution in [2.24, 2.45) is 10.2 Å². The first-order valence-corrected chi connectivity index (χ1v) is 4.03. The molecule has 1 heterocycles. The lowest BCUT2D eigenvalue weighted by molar-refractivity contribution is 0.205. The lowest BCUT2D eigenvalue weighted by Gasteiger charge is -2.08. The number of carbonyl (C=O) groups excluding carboxylic acids is 2. The van der Waals surface area contributed by atoms with Gasteiger partial charge in [-0.25, -0.2) is 14.5 Å². The zero-order chi connectivity index (χ0) is 8.97. The summed E-state index contributed by atoms with van der Waals surface area (Å²) in [6, 6.07) is -1.06. The lowest BCUT2D eigenvalue weighted by Crippen LogP contribution is -2.28. The highest BCUT2D eigenvalue weighted by Crippen LogP contribution is 2.08. The number of rotatable bonds is 4. The fourth-order valence-corrected chi connectivity index (χ4v) is 0.987. The summed E-state index contributed by atoms with van der Waals surface area (Å²) in [5.74, 6) is 0. The van der Waals surface area contributed by atoms with Gasteiger partial charge in [-0.15, -0.1) is 0 Å². The minimum atomic E-state index is -0.531. The summed E-state index contributed by atoms with van der Waals surface area (Å²) in [6.45, 7) is 2.50. The molecule has 5 heteroatoms. The largest absolute Gasteiger partial charge is 0.370 e. The number of hydrogen-bond donors (Lipinski definition) is 0. The summed E-state index contributed by atoms with van der Waals surface area (Å²) in [5.41, 5.74) is 0. The van der Waals surface area contributed by atoms with Gasteiger partial charge < -0.3 is 0 Å². The maximum Gasteiger partial charge on any atom is 0.370 e. The number of amides is 4. The van der Waals surface area contributed by atoms with Crippen LogP contribution in [0.1, 0.15) is 26.2 Å². The monoisotopic (exact) mass is 169 g/mol. The van der Waals surface area contributed by atoms with Gasteiger partial charge in [-0.1, -0.05) is 30.0 Å². The molecular formula is C7H11N3O2. The van der Waals surface area contributed by atoms with Gasteiger partial charge in [0.05, 0.1) is 0 Å². The van der Waals surface area contributed by atoms with Crippen molar-refractivity contribution in [1.29, 1.82) is 0 Å². The molecule has 1 rings (SSSR count). The Labute approximate surface area is 70.5 Å². The van der Waals surface area contributed by atoms with Gasteiger partial charge in [0.1, 0.15) is 0 Å². The fraction of sp³-hybridized carbons (Fsp3) is 0.714. The third-order valence-electron chi connectivity index (χ3n) is 1.67. The van der Waals surface area contributed by atoms with Crippen LogP contribution in [0, 0.1) is 0 Å². The second-order valence-electron chi connectivity index (χ2n) is 2.62. The molecule has 12 heavy (non-hydrogen) atoms. The first-order valence-electron chi connectivity index (χ1n) is 4.03.